The van der Waals surface area contributed by atoms with Crippen molar-refractivity contribution in [3.63, 3.8) is 0 Å². The second-order valence-corrected chi connectivity index (χ2v) is 6.72. The fourth-order valence-electron chi connectivity index (χ4n) is 3.32. The molecule has 0 unspecified atom stereocenters. The summed E-state index contributed by atoms with van der Waals surface area (Å²) in [5.41, 5.74) is 8.10. The molecule has 2 atom stereocenters. The van der Waals surface area contributed by atoms with E-state index in [1.165, 1.54) is 0 Å². The minimum atomic E-state index is 0. The molecule has 5 heteroatoms. The highest BCUT2D eigenvalue weighted by Crippen LogP contribution is 2.24. The summed E-state index contributed by atoms with van der Waals surface area (Å²) in [4.78, 5) is 12.4. The number of amides is 1. The van der Waals surface area contributed by atoms with Crippen molar-refractivity contribution in [3.8, 4) is 5.75 Å². The fourth-order valence-corrected chi connectivity index (χ4v) is 3.32. The SMILES string of the molecule is Cl.N[C@H]1CCC[C@@H](C(=O)NCc2ccccc2OCc2ccccc2)C1. The van der Waals surface area contributed by atoms with Crippen molar-refractivity contribution in [2.45, 2.75) is 44.9 Å². The van der Waals surface area contributed by atoms with Gasteiger partial charge in [-0.05, 0) is 30.9 Å². The number of nitrogens with two attached hydrogens (primary N) is 1. The van der Waals surface area contributed by atoms with Crippen LogP contribution in [0.1, 0.15) is 36.8 Å². The molecule has 1 saturated carbocycles. The molecule has 0 saturated heterocycles. The van der Waals surface area contributed by atoms with E-state index in [4.69, 9.17) is 10.5 Å². The van der Waals surface area contributed by atoms with Gasteiger partial charge in [0, 0.05) is 24.1 Å². The smallest absolute Gasteiger partial charge is 0.223 e. The Morgan fingerprint density at radius 2 is 1.81 bits per heavy atom. The van der Waals surface area contributed by atoms with Crippen molar-refractivity contribution in [1.29, 1.82) is 0 Å². The van der Waals surface area contributed by atoms with Gasteiger partial charge in [-0.2, -0.15) is 0 Å². The number of benzene rings is 2. The molecule has 4 nitrogen and oxygen atoms in total. The summed E-state index contributed by atoms with van der Waals surface area (Å²) in [6.07, 6.45) is 3.79. The topological polar surface area (TPSA) is 64.4 Å². The van der Waals surface area contributed by atoms with Crippen molar-refractivity contribution < 1.29 is 9.53 Å². The first kappa shape index (κ1) is 20.3. The summed E-state index contributed by atoms with van der Waals surface area (Å²) >= 11 is 0. The van der Waals surface area contributed by atoms with Crippen molar-refractivity contribution in [2.24, 2.45) is 11.7 Å². The van der Waals surface area contributed by atoms with Crippen molar-refractivity contribution >= 4 is 18.3 Å². The van der Waals surface area contributed by atoms with E-state index >= 15 is 0 Å². The van der Waals surface area contributed by atoms with Crippen LogP contribution in [0.5, 0.6) is 5.75 Å². The Morgan fingerprint density at radius 3 is 2.58 bits per heavy atom. The van der Waals surface area contributed by atoms with E-state index in [0.29, 0.717) is 13.2 Å². The molecule has 0 heterocycles. The van der Waals surface area contributed by atoms with Gasteiger partial charge >= 0.3 is 0 Å². The van der Waals surface area contributed by atoms with E-state index in [-0.39, 0.29) is 30.3 Å². The van der Waals surface area contributed by atoms with Crippen LogP contribution in [0.25, 0.3) is 0 Å². The maximum Gasteiger partial charge on any atom is 0.223 e. The average molecular weight is 375 g/mol. The lowest BCUT2D eigenvalue weighted by Crippen LogP contribution is -2.37. The number of rotatable bonds is 6. The van der Waals surface area contributed by atoms with Gasteiger partial charge in [0.05, 0.1) is 0 Å². The third kappa shape index (κ3) is 5.75. The number of para-hydroxylation sites is 1. The highest BCUT2D eigenvalue weighted by Gasteiger charge is 2.25. The van der Waals surface area contributed by atoms with E-state index < -0.39 is 0 Å². The zero-order valence-electron chi connectivity index (χ0n) is 14.9. The largest absolute Gasteiger partial charge is 0.489 e. The monoisotopic (exact) mass is 374 g/mol. The summed E-state index contributed by atoms with van der Waals surface area (Å²) in [5, 5.41) is 3.05. The number of carbonyl (C=O) groups is 1. The molecule has 140 valence electrons. The molecule has 0 aliphatic heterocycles. The minimum absolute atomic E-state index is 0. The van der Waals surface area contributed by atoms with Crippen LogP contribution < -0.4 is 15.8 Å². The van der Waals surface area contributed by atoms with Gasteiger partial charge in [-0.25, -0.2) is 0 Å². The molecule has 0 radical (unpaired) electrons. The van der Waals surface area contributed by atoms with Gasteiger partial charge in [-0.1, -0.05) is 55.0 Å². The van der Waals surface area contributed by atoms with E-state index in [2.05, 4.69) is 5.32 Å². The Kier molecular flexibility index (Phi) is 7.95. The van der Waals surface area contributed by atoms with Gasteiger partial charge < -0.3 is 15.8 Å². The fraction of sp³-hybridized carbons (Fsp3) is 0.381. The number of hydrogen-bond acceptors (Lipinski definition) is 3. The maximum atomic E-state index is 12.4. The minimum Gasteiger partial charge on any atom is -0.489 e. The van der Waals surface area contributed by atoms with Crippen LogP contribution in [0, 0.1) is 5.92 Å². The quantitative estimate of drug-likeness (QED) is 0.807. The zero-order valence-corrected chi connectivity index (χ0v) is 15.7. The van der Waals surface area contributed by atoms with E-state index in [0.717, 1.165) is 42.6 Å². The summed E-state index contributed by atoms with van der Waals surface area (Å²) in [6.45, 7) is 0.999. The van der Waals surface area contributed by atoms with Crippen LogP contribution in [0.15, 0.2) is 54.6 Å². The Hall–Kier alpha value is -2.04. The molecule has 0 aromatic heterocycles. The number of carbonyl (C=O) groups excluding carboxylic acids is 1. The molecule has 26 heavy (non-hydrogen) atoms. The summed E-state index contributed by atoms with van der Waals surface area (Å²) in [5.74, 6) is 0.959. The average Bonchev–Trinajstić information content (AvgIpc) is 2.66. The maximum absolute atomic E-state index is 12.4. The Bertz CT molecular complexity index is 693. The molecule has 0 spiro atoms. The predicted molar refractivity (Wildman–Crippen MR) is 106 cm³/mol. The molecule has 1 amide bonds. The molecular formula is C21H27ClN2O2. The summed E-state index contributed by atoms with van der Waals surface area (Å²) in [6, 6.07) is 18.1. The molecule has 3 rings (SSSR count). The van der Waals surface area contributed by atoms with Crippen LogP contribution in [0.2, 0.25) is 0 Å². The van der Waals surface area contributed by atoms with Crippen molar-refractivity contribution in [3.05, 3.63) is 65.7 Å². The van der Waals surface area contributed by atoms with Gasteiger partial charge in [0.2, 0.25) is 5.91 Å². The lowest BCUT2D eigenvalue weighted by atomic mass is 9.85. The first-order valence-electron chi connectivity index (χ1n) is 9.00. The second-order valence-electron chi connectivity index (χ2n) is 6.72. The van der Waals surface area contributed by atoms with Gasteiger partial charge in [-0.3, -0.25) is 4.79 Å². The van der Waals surface area contributed by atoms with Crippen molar-refractivity contribution in [2.75, 3.05) is 0 Å². The lowest BCUT2D eigenvalue weighted by molar-refractivity contribution is -0.126. The van der Waals surface area contributed by atoms with E-state index in [9.17, 15) is 4.79 Å². The third-order valence-corrected chi connectivity index (χ3v) is 4.75. The predicted octanol–water partition coefficient (Wildman–Crippen LogP) is 3.82. The standard InChI is InChI=1S/C21H26N2O2.ClH/c22-19-11-6-10-17(13-19)21(24)23-14-18-9-4-5-12-20(18)25-15-16-7-2-1-3-8-16;/h1-5,7-9,12,17,19H,6,10-11,13-15,22H2,(H,23,24);1H/t17-,19+;/m1./s1. The van der Waals surface area contributed by atoms with Crippen LogP contribution in [0.3, 0.4) is 0 Å². The molecular weight excluding hydrogens is 348 g/mol. The van der Waals surface area contributed by atoms with E-state index in [1.807, 2.05) is 54.6 Å². The van der Waals surface area contributed by atoms with Crippen LogP contribution in [0.4, 0.5) is 0 Å². The first-order chi connectivity index (χ1) is 12.2. The highest BCUT2D eigenvalue weighted by molar-refractivity contribution is 5.85. The highest BCUT2D eigenvalue weighted by atomic mass is 35.5. The number of halogens is 1. The Morgan fingerprint density at radius 1 is 1.08 bits per heavy atom. The summed E-state index contributed by atoms with van der Waals surface area (Å²) in [7, 11) is 0. The zero-order chi connectivity index (χ0) is 17.5. The van der Waals surface area contributed by atoms with Crippen molar-refractivity contribution in [1.82, 2.24) is 5.32 Å². The lowest BCUT2D eigenvalue weighted by Gasteiger charge is -2.25. The molecule has 1 aliphatic carbocycles. The van der Waals surface area contributed by atoms with Gasteiger partial charge in [0.1, 0.15) is 12.4 Å². The molecule has 1 aliphatic rings. The molecule has 1 fully saturated rings. The molecule has 0 bridgehead atoms. The van der Waals surface area contributed by atoms with Crippen LogP contribution in [-0.2, 0) is 17.9 Å². The number of ether oxygens (including phenoxy) is 1. The van der Waals surface area contributed by atoms with Crippen LogP contribution in [-0.4, -0.2) is 11.9 Å². The first-order valence-corrected chi connectivity index (χ1v) is 9.00. The number of nitrogens with one attached hydrogen (secondary N) is 1. The molecule has 2 aromatic rings. The second kappa shape index (κ2) is 10.2. The Balaban J connectivity index is 0.00000243. The van der Waals surface area contributed by atoms with Crippen LogP contribution >= 0.6 is 12.4 Å². The summed E-state index contributed by atoms with van der Waals surface area (Å²) < 4.78 is 5.95. The van der Waals surface area contributed by atoms with Gasteiger partial charge in [-0.15, -0.1) is 12.4 Å². The third-order valence-electron chi connectivity index (χ3n) is 4.75. The molecule has 2 aromatic carbocycles. The van der Waals surface area contributed by atoms with E-state index in [1.54, 1.807) is 0 Å². The van der Waals surface area contributed by atoms with Gasteiger partial charge in [0.25, 0.3) is 0 Å². The normalized spacial score (nSPS) is 19.3. The molecule has 3 N–H and O–H groups in total. The number of hydrogen-bond donors (Lipinski definition) is 2. The Labute approximate surface area is 161 Å². The van der Waals surface area contributed by atoms with Gasteiger partial charge in [0.15, 0.2) is 0 Å².